The van der Waals surface area contributed by atoms with E-state index in [9.17, 15) is 12.8 Å². The Morgan fingerprint density at radius 1 is 1.04 bits per heavy atom. The molecule has 0 amide bonds. The summed E-state index contributed by atoms with van der Waals surface area (Å²) in [6.07, 6.45) is 0. The normalized spacial score (nSPS) is 12.9. The van der Waals surface area contributed by atoms with Gasteiger partial charge < -0.3 is 4.74 Å². The maximum absolute atomic E-state index is 13.9. The van der Waals surface area contributed by atoms with Crippen molar-refractivity contribution in [3.8, 4) is 5.75 Å². The van der Waals surface area contributed by atoms with E-state index in [0.717, 1.165) is 22.3 Å². The Bertz CT molecular complexity index is 881. The Balaban J connectivity index is 2.41. The van der Waals surface area contributed by atoms with Gasteiger partial charge in [0.1, 0.15) is 0 Å². The van der Waals surface area contributed by atoms with E-state index in [4.69, 9.17) is 4.74 Å². The molecular formula is C19H24FNO3S. The highest BCUT2D eigenvalue weighted by atomic mass is 32.2. The lowest BCUT2D eigenvalue weighted by Gasteiger charge is -2.20. The Morgan fingerprint density at radius 3 is 2.08 bits per heavy atom. The third-order valence-electron chi connectivity index (χ3n) is 4.57. The second kappa shape index (κ2) is 7.14. The van der Waals surface area contributed by atoms with E-state index in [2.05, 4.69) is 4.72 Å². The molecule has 4 nitrogen and oxygen atoms in total. The van der Waals surface area contributed by atoms with E-state index < -0.39 is 21.9 Å². The second-order valence-electron chi connectivity index (χ2n) is 6.33. The zero-order chi connectivity index (χ0) is 18.9. The average Bonchev–Trinajstić information content (AvgIpc) is 2.52. The van der Waals surface area contributed by atoms with Crippen molar-refractivity contribution in [1.29, 1.82) is 0 Å². The van der Waals surface area contributed by atoms with Crippen LogP contribution in [0.3, 0.4) is 0 Å². The van der Waals surface area contributed by atoms with E-state index >= 15 is 0 Å². The van der Waals surface area contributed by atoms with E-state index in [1.165, 1.54) is 19.2 Å². The number of hydrogen-bond donors (Lipinski definition) is 1. The Hall–Kier alpha value is -1.92. The molecule has 1 N–H and O–H groups in total. The van der Waals surface area contributed by atoms with Crippen LogP contribution in [0.2, 0.25) is 0 Å². The molecular weight excluding hydrogens is 341 g/mol. The van der Waals surface area contributed by atoms with Gasteiger partial charge in [-0.2, -0.15) is 0 Å². The van der Waals surface area contributed by atoms with Gasteiger partial charge in [-0.05, 0) is 74.6 Å². The monoisotopic (exact) mass is 365 g/mol. The summed E-state index contributed by atoms with van der Waals surface area (Å²) in [4.78, 5) is 0.297. The largest absolute Gasteiger partial charge is 0.494 e. The molecule has 2 aromatic carbocycles. The number of benzene rings is 2. The fourth-order valence-corrected chi connectivity index (χ4v) is 4.74. The topological polar surface area (TPSA) is 55.4 Å². The molecule has 136 valence electrons. The first-order chi connectivity index (χ1) is 11.6. The van der Waals surface area contributed by atoms with Gasteiger partial charge in [0.25, 0.3) is 0 Å². The fraction of sp³-hybridized carbons (Fsp3) is 0.368. The van der Waals surface area contributed by atoms with Gasteiger partial charge in [0.15, 0.2) is 11.6 Å². The molecule has 0 saturated heterocycles. The number of rotatable bonds is 5. The van der Waals surface area contributed by atoms with Crippen LogP contribution in [0.5, 0.6) is 5.75 Å². The minimum absolute atomic E-state index is 0.125. The first-order valence-corrected chi connectivity index (χ1v) is 9.50. The Labute approximate surface area is 149 Å². The SMILES string of the molecule is COc1ccc([C@H](C)NS(=O)(=O)c2c(C)c(C)cc(C)c2C)cc1F. The molecule has 0 aliphatic rings. The molecule has 0 saturated carbocycles. The molecule has 0 aliphatic carbocycles. The summed E-state index contributed by atoms with van der Waals surface area (Å²) in [5, 5.41) is 0. The molecule has 0 unspecified atom stereocenters. The fourth-order valence-electron chi connectivity index (χ4n) is 2.90. The molecule has 0 radical (unpaired) electrons. The number of hydrogen-bond acceptors (Lipinski definition) is 3. The standard InChI is InChI=1S/C19H24FNO3S/c1-11-9-12(2)14(4)19(13(11)3)25(22,23)21-15(5)16-7-8-18(24-6)17(20)10-16/h7-10,15,21H,1-6H3/t15-/m0/s1. The maximum Gasteiger partial charge on any atom is 0.241 e. The van der Waals surface area contributed by atoms with Crippen LogP contribution in [0.4, 0.5) is 4.39 Å². The van der Waals surface area contributed by atoms with E-state index in [0.29, 0.717) is 10.5 Å². The van der Waals surface area contributed by atoms with Gasteiger partial charge in [0.05, 0.1) is 12.0 Å². The van der Waals surface area contributed by atoms with Crippen molar-refractivity contribution in [3.05, 3.63) is 57.9 Å². The van der Waals surface area contributed by atoms with Crippen molar-refractivity contribution in [2.75, 3.05) is 7.11 Å². The lowest BCUT2D eigenvalue weighted by molar-refractivity contribution is 0.386. The van der Waals surface area contributed by atoms with E-state index in [-0.39, 0.29) is 5.75 Å². The highest BCUT2D eigenvalue weighted by molar-refractivity contribution is 7.89. The molecule has 0 aliphatic heterocycles. The summed E-state index contributed by atoms with van der Waals surface area (Å²) in [6.45, 7) is 9.07. The van der Waals surface area contributed by atoms with Crippen molar-refractivity contribution < 1.29 is 17.5 Å². The van der Waals surface area contributed by atoms with Crippen LogP contribution in [-0.4, -0.2) is 15.5 Å². The molecule has 25 heavy (non-hydrogen) atoms. The van der Waals surface area contributed by atoms with Gasteiger partial charge in [0, 0.05) is 6.04 Å². The Kier molecular flexibility index (Phi) is 5.54. The number of halogens is 1. The molecule has 2 aromatic rings. The molecule has 0 fully saturated rings. The summed E-state index contributed by atoms with van der Waals surface area (Å²) in [5.74, 6) is -0.399. The Morgan fingerprint density at radius 2 is 1.60 bits per heavy atom. The maximum atomic E-state index is 13.9. The lowest BCUT2D eigenvalue weighted by Crippen LogP contribution is -2.28. The van der Waals surface area contributed by atoms with Crippen molar-refractivity contribution in [3.63, 3.8) is 0 Å². The van der Waals surface area contributed by atoms with Gasteiger partial charge in [-0.3, -0.25) is 0 Å². The number of aryl methyl sites for hydroxylation is 2. The van der Waals surface area contributed by atoms with E-state index in [1.54, 1.807) is 26.8 Å². The molecule has 6 heteroatoms. The predicted octanol–water partition coefficient (Wildman–Crippen LogP) is 4.11. The molecule has 0 aromatic heterocycles. The van der Waals surface area contributed by atoms with Crippen LogP contribution in [0.15, 0.2) is 29.2 Å². The van der Waals surface area contributed by atoms with Gasteiger partial charge in [0.2, 0.25) is 10.0 Å². The number of ether oxygens (including phenoxy) is 1. The summed E-state index contributed by atoms with van der Waals surface area (Å²) in [5.41, 5.74) is 3.83. The van der Waals surface area contributed by atoms with Crippen LogP contribution in [0, 0.1) is 33.5 Å². The third-order valence-corrected chi connectivity index (χ3v) is 6.39. The van der Waals surface area contributed by atoms with Crippen molar-refractivity contribution in [1.82, 2.24) is 4.72 Å². The zero-order valence-corrected chi connectivity index (χ0v) is 16.2. The zero-order valence-electron chi connectivity index (χ0n) is 15.4. The van der Waals surface area contributed by atoms with Crippen LogP contribution in [0.25, 0.3) is 0 Å². The highest BCUT2D eigenvalue weighted by Gasteiger charge is 2.24. The third kappa shape index (κ3) is 3.85. The van der Waals surface area contributed by atoms with Crippen molar-refractivity contribution >= 4 is 10.0 Å². The lowest BCUT2D eigenvalue weighted by atomic mass is 10.0. The summed E-state index contributed by atoms with van der Waals surface area (Å²) < 4.78 is 47.3. The van der Waals surface area contributed by atoms with Gasteiger partial charge in [-0.25, -0.2) is 17.5 Å². The summed E-state index contributed by atoms with van der Waals surface area (Å²) in [6, 6.07) is 5.82. The number of nitrogens with one attached hydrogen (secondary N) is 1. The highest BCUT2D eigenvalue weighted by Crippen LogP contribution is 2.28. The predicted molar refractivity (Wildman–Crippen MR) is 97.1 cm³/mol. The smallest absolute Gasteiger partial charge is 0.241 e. The van der Waals surface area contributed by atoms with Crippen LogP contribution < -0.4 is 9.46 Å². The second-order valence-corrected chi connectivity index (χ2v) is 7.98. The molecule has 0 spiro atoms. The minimum atomic E-state index is -3.75. The van der Waals surface area contributed by atoms with Gasteiger partial charge in [-0.15, -0.1) is 0 Å². The number of sulfonamides is 1. The average molecular weight is 365 g/mol. The summed E-state index contributed by atoms with van der Waals surface area (Å²) in [7, 11) is -2.36. The first kappa shape index (κ1) is 19.4. The molecule has 2 rings (SSSR count). The van der Waals surface area contributed by atoms with Gasteiger partial charge in [-0.1, -0.05) is 12.1 Å². The molecule has 0 bridgehead atoms. The van der Waals surface area contributed by atoms with E-state index in [1.807, 2.05) is 19.9 Å². The minimum Gasteiger partial charge on any atom is -0.494 e. The molecule has 0 heterocycles. The molecule has 1 atom stereocenters. The number of methoxy groups -OCH3 is 1. The van der Waals surface area contributed by atoms with Crippen molar-refractivity contribution in [2.45, 2.75) is 45.6 Å². The summed E-state index contributed by atoms with van der Waals surface area (Å²) >= 11 is 0. The quantitative estimate of drug-likeness (QED) is 0.868. The van der Waals surface area contributed by atoms with Gasteiger partial charge >= 0.3 is 0 Å². The van der Waals surface area contributed by atoms with Crippen LogP contribution in [-0.2, 0) is 10.0 Å². The first-order valence-electron chi connectivity index (χ1n) is 8.01. The van der Waals surface area contributed by atoms with Crippen molar-refractivity contribution in [2.24, 2.45) is 0 Å². The van der Waals surface area contributed by atoms with Crippen LogP contribution >= 0.6 is 0 Å². The van der Waals surface area contributed by atoms with Crippen LogP contribution in [0.1, 0.15) is 40.8 Å².